The molecule has 0 radical (unpaired) electrons. The highest BCUT2D eigenvalue weighted by Crippen LogP contribution is 2.14. The number of hydrogen-bond donors (Lipinski definition) is 1. The van der Waals surface area contributed by atoms with E-state index < -0.39 is 0 Å². The molecule has 0 aliphatic carbocycles. The number of para-hydroxylation sites is 1. The minimum Gasteiger partial charge on any atom is -0.492 e. The van der Waals surface area contributed by atoms with Crippen LogP contribution < -0.4 is 10.1 Å². The molecule has 4 heteroatoms. The van der Waals surface area contributed by atoms with Crippen LogP contribution in [0.3, 0.4) is 0 Å². The molecule has 0 fully saturated rings. The summed E-state index contributed by atoms with van der Waals surface area (Å²) in [6.07, 6.45) is 3.94. The molecule has 3 rings (SSSR count). The van der Waals surface area contributed by atoms with Crippen LogP contribution in [0, 0.1) is 0 Å². The number of rotatable bonds is 6. The molecule has 116 valence electrons. The van der Waals surface area contributed by atoms with E-state index in [1.165, 1.54) is 0 Å². The summed E-state index contributed by atoms with van der Waals surface area (Å²) >= 11 is 0. The van der Waals surface area contributed by atoms with Gasteiger partial charge in [-0.1, -0.05) is 36.4 Å². The number of hydrogen-bond acceptors (Lipinski definition) is 3. The third-order valence-corrected chi connectivity index (χ3v) is 3.51. The van der Waals surface area contributed by atoms with Gasteiger partial charge in [0.25, 0.3) is 0 Å². The second-order valence-electron chi connectivity index (χ2n) is 5.25. The molecule has 1 amide bonds. The Morgan fingerprint density at radius 1 is 1.04 bits per heavy atom. The monoisotopic (exact) mass is 306 g/mol. The fraction of sp³-hybridized carbons (Fsp3) is 0.158. The first-order chi connectivity index (χ1) is 11.3. The number of aromatic nitrogens is 1. The lowest BCUT2D eigenvalue weighted by molar-refractivity contribution is -0.120. The Morgan fingerprint density at radius 2 is 1.91 bits per heavy atom. The lowest BCUT2D eigenvalue weighted by Crippen LogP contribution is -2.29. The topological polar surface area (TPSA) is 51.2 Å². The molecule has 1 heterocycles. The summed E-state index contributed by atoms with van der Waals surface area (Å²) in [6.45, 7) is 0.949. The summed E-state index contributed by atoms with van der Waals surface area (Å²) in [6, 6.07) is 17.5. The van der Waals surface area contributed by atoms with Crippen molar-refractivity contribution in [2.24, 2.45) is 0 Å². The van der Waals surface area contributed by atoms with Crippen LogP contribution >= 0.6 is 0 Å². The summed E-state index contributed by atoms with van der Waals surface area (Å²) in [4.78, 5) is 16.1. The summed E-state index contributed by atoms with van der Waals surface area (Å²) in [5, 5.41) is 5.05. The highest BCUT2D eigenvalue weighted by Gasteiger charge is 2.04. The summed E-state index contributed by atoms with van der Waals surface area (Å²) in [7, 11) is 0. The molecule has 0 saturated carbocycles. The van der Waals surface area contributed by atoms with Crippen LogP contribution in [0.2, 0.25) is 0 Å². The van der Waals surface area contributed by atoms with Crippen LogP contribution in [0.5, 0.6) is 5.75 Å². The molecule has 1 N–H and O–H groups in total. The van der Waals surface area contributed by atoms with E-state index in [2.05, 4.69) is 10.3 Å². The standard InChI is InChI=1S/C19H18N2O2/c22-19(21-10-11-23-18-4-2-1-3-5-18)13-15-6-7-17-14-20-9-8-16(17)12-15/h1-9,12,14H,10-11,13H2,(H,21,22). The maximum absolute atomic E-state index is 12.0. The molecule has 0 atom stereocenters. The molecule has 23 heavy (non-hydrogen) atoms. The highest BCUT2D eigenvalue weighted by molar-refractivity contribution is 5.84. The third-order valence-electron chi connectivity index (χ3n) is 3.51. The minimum atomic E-state index is -0.00457. The molecule has 0 saturated heterocycles. The van der Waals surface area contributed by atoms with Crippen molar-refractivity contribution in [2.45, 2.75) is 6.42 Å². The number of carbonyl (C=O) groups is 1. The highest BCUT2D eigenvalue weighted by atomic mass is 16.5. The van der Waals surface area contributed by atoms with E-state index in [9.17, 15) is 4.79 Å². The molecular formula is C19H18N2O2. The van der Waals surface area contributed by atoms with Gasteiger partial charge in [0.1, 0.15) is 12.4 Å². The van der Waals surface area contributed by atoms with Gasteiger partial charge < -0.3 is 10.1 Å². The van der Waals surface area contributed by atoms with E-state index in [4.69, 9.17) is 4.74 Å². The van der Waals surface area contributed by atoms with E-state index in [0.29, 0.717) is 19.6 Å². The van der Waals surface area contributed by atoms with E-state index in [-0.39, 0.29) is 5.91 Å². The fourth-order valence-corrected chi connectivity index (χ4v) is 2.37. The zero-order chi connectivity index (χ0) is 15.9. The molecule has 0 spiro atoms. The Balaban J connectivity index is 1.46. The van der Waals surface area contributed by atoms with Crippen molar-refractivity contribution >= 4 is 16.7 Å². The van der Waals surface area contributed by atoms with Crippen molar-refractivity contribution in [3.8, 4) is 5.75 Å². The van der Waals surface area contributed by atoms with Crippen LogP contribution in [0.25, 0.3) is 10.8 Å². The number of ether oxygens (including phenoxy) is 1. The maximum Gasteiger partial charge on any atom is 0.224 e. The summed E-state index contributed by atoms with van der Waals surface area (Å²) in [5.74, 6) is 0.806. The second kappa shape index (κ2) is 7.40. The van der Waals surface area contributed by atoms with E-state index in [1.54, 1.807) is 6.20 Å². The molecule has 0 aliphatic heterocycles. The van der Waals surface area contributed by atoms with Gasteiger partial charge in [-0.2, -0.15) is 0 Å². The van der Waals surface area contributed by atoms with Gasteiger partial charge in [-0.05, 0) is 29.1 Å². The quantitative estimate of drug-likeness (QED) is 0.712. The van der Waals surface area contributed by atoms with Crippen LogP contribution in [-0.4, -0.2) is 24.0 Å². The summed E-state index contributed by atoms with van der Waals surface area (Å²) < 4.78 is 5.54. The SMILES string of the molecule is O=C(Cc1ccc2cnccc2c1)NCCOc1ccccc1. The average Bonchev–Trinajstić information content (AvgIpc) is 2.59. The lowest BCUT2D eigenvalue weighted by atomic mass is 10.1. The number of fused-ring (bicyclic) bond motifs is 1. The van der Waals surface area contributed by atoms with Crippen LogP contribution in [0.15, 0.2) is 67.0 Å². The Labute approximate surface area is 135 Å². The Hall–Kier alpha value is -2.88. The largest absolute Gasteiger partial charge is 0.492 e. The van der Waals surface area contributed by atoms with Gasteiger partial charge in [0.05, 0.1) is 13.0 Å². The zero-order valence-electron chi connectivity index (χ0n) is 12.7. The molecule has 1 aromatic heterocycles. The number of nitrogens with one attached hydrogen (secondary N) is 1. The number of nitrogens with zero attached hydrogens (tertiary/aromatic N) is 1. The van der Waals surface area contributed by atoms with Crippen molar-refractivity contribution in [2.75, 3.05) is 13.2 Å². The first kappa shape index (κ1) is 15.0. The molecule has 2 aromatic carbocycles. The molecule has 0 unspecified atom stereocenters. The van der Waals surface area contributed by atoms with Gasteiger partial charge in [0.2, 0.25) is 5.91 Å². The van der Waals surface area contributed by atoms with Crippen LogP contribution in [0.1, 0.15) is 5.56 Å². The Bertz CT molecular complexity index is 787. The molecule has 0 bridgehead atoms. The van der Waals surface area contributed by atoms with Crippen LogP contribution in [0.4, 0.5) is 0 Å². The molecule has 3 aromatic rings. The van der Waals surface area contributed by atoms with Gasteiger partial charge in [0.15, 0.2) is 0 Å². The predicted molar refractivity (Wildman–Crippen MR) is 90.4 cm³/mol. The first-order valence-electron chi connectivity index (χ1n) is 7.58. The molecular weight excluding hydrogens is 288 g/mol. The van der Waals surface area contributed by atoms with Crippen molar-refractivity contribution < 1.29 is 9.53 Å². The molecule has 0 aliphatic rings. The second-order valence-corrected chi connectivity index (χ2v) is 5.25. The van der Waals surface area contributed by atoms with E-state index in [1.807, 2.05) is 60.8 Å². The van der Waals surface area contributed by atoms with E-state index in [0.717, 1.165) is 22.1 Å². The number of carbonyl (C=O) groups excluding carboxylic acids is 1. The van der Waals surface area contributed by atoms with Crippen molar-refractivity contribution in [1.82, 2.24) is 10.3 Å². The minimum absolute atomic E-state index is 0.00457. The summed E-state index contributed by atoms with van der Waals surface area (Å²) in [5.41, 5.74) is 0.991. The van der Waals surface area contributed by atoms with Gasteiger partial charge in [-0.3, -0.25) is 9.78 Å². The smallest absolute Gasteiger partial charge is 0.224 e. The lowest BCUT2D eigenvalue weighted by Gasteiger charge is -2.08. The van der Waals surface area contributed by atoms with Crippen LogP contribution in [-0.2, 0) is 11.2 Å². The number of benzene rings is 2. The maximum atomic E-state index is 12.0. The van der Waals surface area contributed by atoms with Crippen molar-refractivity contribution in [3.63, 3.8) is 0 Å². The van der Waals surface area contributed by atoms with E-state index >= 15 is 0 Å². The van der Waals surface area contributed by atoms with Gasteiger partial charge in [-0.25, -0.2) is 0 Å². The van der Waals surface area contributed by atoms with Gasteiger partial charge in [0, 0.05) is 17.8 Å². The Morgan fingerprint density at radius 3 is 2.78 bits per heavy atom. The zero-order valence-corrected chi connectivity index (χ0v) is 12.7. The third kappa shape index (κ3) is 4.30. The van der Waals surface area contributed by atoms with Crippen molar-refractivity contribution in [3.05, 3.63) is 72.6 Å². The first-order valence-corrected chi connectivity index (χ1v) is 7.58. The Kier molecular flexibility index (Phi) is 4.84. The number of amides is 1. The average molecular weight is 306 g/mol. The predicted octanol–water partition coefficient (Wildman–Crippen LogP) is 2.97. The van der Waals surface area contributed by atoms with Gasteiger partial charge in [-0.15, -0.1) is 0 Å². The molecule has 4 nitrogen and oxygen atoms in total. The van der Waals surface area contributed by atoms with Crippen molar-refractivity contribution in [1.29, 1.82) is 0 Å². The fourth-order valence-electron chi connectivity index (χ4n) is 2.37. The van der Waals surface area contributed by atoms with Gasteiger partial charge >= 0.3 is 0 Å². The number of pyridine rings is 1. The normalized spacial score (nSPS) is 10.4.